The Kier molecular flexibility index (Phi) is 6.23. The smallest absolute Gasteiger partial charge is 0.271 e. The highest BCUT2D eigenvalue weighted by atomic mass is 19.1. The minimum absolute atomic E-state index is 0.0232. The summed E-state index contributed by atoms with van der Waals surface area (Å²) in [5.74, 6) is 1.41. The topological polar surface area (TPSA) is 79.9 Å². The number of hydrogen-bond donors (Lipinski definition) is 1. The van der Waals surface area contributed by atoms with Crippen LogP contribution in [-0.2, 0) is 0 Å². The Bertz CT molecular complexity index is 1230. The number of aromatic amines is 1. The van der Waals surface area contributed by atoms with Gasteiger partial charge >= 0.3 is 0 Å². The number of amides is 1. The van der Waals surface area contributed by atoms with E-state index in [1.807, 2.05) is 23.1 Å². The average Bonchev–Trinajstić information content (AvgIpc) is 3.60. The SMILES string of the molecule is O=C(c1cc(-c2ccc3c(c2)OCO3)n[nH]1)N1CCC(N2CCC(Oc3ccccc3F)CC2)CC1. The van der Waals surface area contributed by atoms with Crippen LogP contribution in [0.15, 0.2) is 48.5 Å². The van der Waals surface area contributed by atoms with E-state index in [1.165, 1.54) is 6.07 Å². The Hall–Kier alpha value is -3.59. The van der Waals surface area contributed by atoms with Crippen LogP contribution < -0.4 is 14.2 Å². The summed E-state index contributed by atoms with van der Waals surface area (Å²) >= 11 is 0. The van der Waals surface area contributed by atoms with Gasteiger partial charge in [-0.05, 0) is 62.1 Å². The van der Waals surface area contributed by atoms with Gasteiger partial charge in [-0.1, -0.05) is 12.1 Å². The summed E-state index contributed by atoms with van der Waals surface area (Å²) in [4.78, 5) is 17.5. The van der Waals surface area contributed by atoms with Crippen LogP contribution in [0.3, 0.4) is 0 Å². The second-order valence-electron chi connectivity index (χ2n) is 9.54. The number of nitrogens with zero attached hydrogens (tertiary/aromatic N) is 3. The van der Waals surface area contributed by atoms with Crippen LogP contribution in [0.5, 0.6) is 17.2 Å². The van der Waals surface area contributed by atoms with Gasteiger partial charge in [0.05, 0.1) is 5.69 Å². The second-order valence-corrected chi connectivity index (χ2v) is 9.54. The van der Waals surface area contributed by atoms with Gasteiger partial charge in [0.15, 0.2) is 23.1 Å². The summed E-state index contributed by atoms with van der Waals surface area (Å²) in [6.45, 7) is 3.51. The fourth-order valence-electron chi connectivity index (χ4n) is 5.32. The highest BCUT2D eigenvalue weighted by Crippen LogP contribution is 2.35. The lowest BCUT2D eigenvalue weighted by Gasteiger charge is -2.41. The number of aromatic nitrogens is 2. The van der Waals surface area contributed by atoms with E-state index in [1.54, 1.807) is 24.3 Å². The fourth-order valence-corrected chi connectivity index (χ4v) is 5.32. The van der Waals surface area contributed by atoms with Crippen molar-refractivity contribution < 1.29 is 23.4 Å². The number of fused-ring (bicyclic) bond motifs is 1. The summed E-state index contributed by atoms with van der Waals surface area (Å²) in [5.41, 5.74) is 2.06. The van der Waals surface area contributed by atoms with Gasteiger partial charge in [0, 0.05) is 37.8 Å². The molecule has 0 atom stereocenters. The van der Waals surface area contributed by atoms with Crippen molar-refractivity contribution >= 4 is 5.91 Å². The van der Waals surface area contributed by atoms with Gasteiger partial charge in [-0.2, -0.15) is 5.10 Å². The number of carbonyl (C=O) groups is 1. The lowest BCUT2D eigenvalue weighted by Crippen LogP contribution is -2.50. The second kappa shape index (κ2) is 9.81. The van der Waals surface area contributed by atoms with Gasteiger partial charge < -0.3 is 19.1 Å². The van der Waals surface area contributed by atoms with E-state index in [4.69, 9.17) is 14.2 Å². The molecule has 36 heavy (non-hydrogen) atoms. The van der Waals surface area contributed by atoms with Gasteiger partial charge in [0.2, 0.25) is 6.79 Å². The largest absolute Gasteiger partial charge is 0.487 e. The fraction of sp³-hybridized carbons (Fsp3) is 0.407. The van der Waals surface area contributed by atoms with Crippen LogP contribution in [-0.4, -0.2) is 71.0 Å². The molecule has 0 unspecified atom stereocenters. The van der Waals surface area contributed by atoms with Crippen molar-refractivity contribution in [3.8, 4) is 28.5 Å². The molecule has 2 fully saturated rings. The molecule has 188 valence electrons. The molecule has 0 spiro atoms. The van der Waals surface area contributed by atoms with Crippen molar-refractivity contribution in [2.75, 3.05) is 33.0 Å². The molecule has 0 saturated carbocycles. The van der Waals surface area contributed by atoms with Crippen LogP contribution in [0.4, 0.5) is 4.39 Å². The average molecular weight is 493 g/mol. The number of para-hydroxylation sites is 1. The first-order valence-electron chi connectivity index (χ1n) is 12.5. The van der Waals surface area contributed by atoms with Crippen LogP contribution in [0.25, 0.3) is 11.3 Å². The first-order chi connectivity index (χ1) is 17.6. The van der Waals surface area contributed by atoms with Crippen LogP contribution in [0, 0.1) is 5.82 Å². The Labute approximate surface area is 208 Å². The minimum atomic E-state index is -0.308. The molecular formula is C27H29FN4O4. The van der Waals surface area contributed by atoms with E-state index >= 15 is 0 Å². The van der Waals surface area contributed by atoms with Crippen molar-refractivity contribution in [3.63, 3.8) is 0 Å². The molecule has 0 radical (unpaired) electrons. The molecule has 0 bridgehead atoms. The molecule has 2 aromatic carbocycles. The number of hydrogen-bond acceptors (Lipinski definition) is 6. The minimum Gasteiger partial charge on any atom is -0.487 e. The number of H-pyrrole nitrogens is 1. The number of ether oxygens (including phenoxy) is 3. The van der Waals surface area contributed by atoms with Gasteiger partial charge in [-0.25, -0.2) is 4.39 Å². The highest BCUT2D eigenvalue weighted by Gasteiger charge is 2.31. The van der Waals surface area contributed by atoms with Gasteiger partial charge in [0.1, 0.15) is 11.8 Å². The Balaban J connectivity index is 1.000. The van der Waals surface area contributed by atoms with E-state index in [2.05, 4.69) is 15.1 Å². The van der Waals surface area contributed by atoms with Crippen LogP contribution in [0.1, 0.15) is 36.2 Å². The first kappa shape index (κ1) is 22.8. The molecule has 9 heteroatoms. The third-order valence-corrected chi connectivity index (χ3v) is 7.35. The van der Waals surface area contributed by atoms with Crippen molar-refractivity contribution in [3.05, 3.63) is 60.0 Å². The summed E-state index contributed by atoms with van der Waals surface area (Å²) in [7, 11) is 0. The van der Waals surface area contributed by atoms with E-state index in [-0.39, 0.29) is 24.6 Å². The molecular weight excluding hydrogens is 463 g/mol. The van der Waals surface area contributed by atoms with E-state index < -0.39 is 0 Å². The number of piperidine rings is 2. The molecule has 1 amide bonds. The number of carbonyl (C=O) groups excluding carboxylic acids is 1. The van der Waals surface area contributed by atoms with Crippen LogP contribution in [0.2, 0.25) is 0 Å². The number of likely N-dealkylation sites (tertiary alicyclic amines) is 2. The van der Waals surface area contributed by atoms with E-state index in [0.717, 1.165) is 50.1 Å². The summed E-state index contributed by atoms with van der Waals surface area (Å²) in [6.07, 6.45) is 3.68. The van der Waals surface area contributed by atoms with Gasteiger partial charge in [-0.3, -0.25) is 14.8 Å². The van der Waals surface area contributed by atoms with Crippen LogP contribution >= 0.6 is 0 Å². The number of nitrogens with one attached hydrogen (secondary N) is 1. The van der Waals surface area contributed by atoms with E-state index in [9.17, 15) is 9.18 Å². The summed E-state index contributed by atoms with van der Waals surface area (Å²) in [6, 6.07) is 14.5. The Morgan fingerprint density at radius 1 is 0.972 bits per heavy atom. The third-order valence-electron chi connectivity index (χ3n) is 7.35. The Morgan fingerprint density at radius 3 is 2.56 bits per heavy atom. The normalized spacial score (nSPS) is 19.0. The van der Waals surface area contributed by atoms with Gasteiger partial charge in [-0.15, -0.1) is 0 Å². The van der Waals surface area contributed by atoms with Crippen molar-refractivity contribution in [2.45, 2.75) is 37.8 Å². The first-order valence-corrected chi connectivity index (χ1v) is 12.5. The van der Waals surface area contributed by atoms with Crippen molar-refractivity contribution in [1.29, 1.82) is 0 Å². The summed E-state index contributed by atoms with van der Waals surface area (Å²) in [5, 5.41) is 7.25. The van der Waals surface area contributed by atoms with Gasteiger partial charge in [0.25, 0.3) is 5.91 Å². The zero-order valence-electron chi connectivity index (χ0n) is 20.0. The van der Waals surface area contributed by atoms with Crippen molar-refractivity contribution in [1.82, 2.24) is 20.0 Å². The molecule has 0 aliphatic carbocycles. The zero-order chi connectivity index (χ0) is 24.5. The predicted molar refractivity (Wildman–Crippen MR) is 131 cm³/mol. The summed E-state index contributed by atoms with van der Waals surface area (Å²) < 4.78 is 30.6. The lowest BCUT2D eigenvalue weighted by molar-refractivity contribution is 0.0414. The molecule has 6 rings (SSSR count). The monoisotopic (exact) mass is 492 g/mol. The third kappa shape index (κ3) is 4.63. The number of halogens is 1. The molecule has 4 heterocycles. The lowest BCUT2D eigenvalue weighted by atomic mass is 9.98. The maximum atomic E-state index is 13.9. The maximum Gasteiger partial charge on any atom is 0.271 e. The molecule has 3 aromatic rings. The molecule has 3 aliphatic rings. The maximum absolute atomic E-state index is 13.9. The van der Waals surface area contributed by atoms with E-state index in [0.29, 0.717) is 42.0 Å². The molecule has 1 N–H and O–H groups in total. The molecule has 1 aromatic heterocycles. The van der Waals surface area contributed by atoms with Crippen molar-refractivity contribution in [2.24, 2.45) is 0 Å². The predicted octanol–water partition coefficient (Wildman–Crippen LogP) is 4.09. The Morgan fingerprint density at radius 2 is 1.75 bits per heavy atom. The highest BCUT2D eigenvalue weighted by molar-refractivity contribution is 5.93. The zero-order valence-corrected chi connectivity index (χ0v) is 20.0. The molecule has 8 nitrogen and oxygen atoms in total. The standard InChI is InChI=1S/C27H29FN4O4/c28-21-3-1-2-4-24(21)36-20-9-13-31(14-10-20)19-7-11-32(12-8-19)27(33)23-16-22(29-30-23)18-5-6-25-26(15-18)35-17-34-25/h1-6,15-16,19-20H,7-14,17H2,(H,29,30). The number of rotatable bonds is 5. The molecule has 3 aliphatic heterocycles. The molecule has 2 saturated heterocycles. The number of benzene rings is 2. The quantitative estimate of drug-likeness (QED) is 0.578.